The average molecular weight is 486 g/mol. The van der Waals surface area contributed by atoms with Crippen LogP contribution in [0.3, 0.4) is 0 Å². The molecule has 0 atom stereocenters. The van der Waals surface area contributed by atoms with E-state index in [0.29, 0.717) is 5.69 Å². The van der Waals surface area contributed by atoms with E-state index in [1.807, 2.05) is 37.3 Å². The largest absolute Gasteiger partial charge is 0.321 e. The van der Waals surface area contributed by atoms with Crippen LogP contribution in [0.4, 0.5) is 5.69 Å². The molecule has 0 spiro atoms. The van der Waals surface area contributed by atoms with Gasteiger partial charge in [0.1, 0.15) is 5.01 Å². The van der Waals surface area contributed by atoms with Crippen LogP contribution in [0.5, 0.6) is 0 Å². The second-order valence-electron chi connectivity index (χ2n) is 5.93. The molecule has 0 aliphatic rings. The molecular weight excluding hydrogens is 471 g/mol. The quantitative estimate of drug-likeness (QED) is 0.382. The summed E-state index contributed by atoms with van der Waals surface area (Å²) in [4.78, 5) is 18.1. The van der Waals surface area contributed by atoms with Crippen LogP contribution in [0.15, 0.2) is 60.7 Å². The Kier molecular flexibility index (Phi) is 5.04. The molecule has 2 aromatic heterocycles. The van der Waals surface area contributed by atoms with Crippen molar-refractivity contribution in [2.45, 2.75) is 6.92 Å². The molecule has 2 heterocycles. The van der Waals surface area contributed by atoms with Gasteiger partial charge in [0, 0.05) is 14.8 Å². The maximum absolute atomic E-state index is 12.4. The van der Waals surface area contributed by atoms with Crippen molar-refractivity contribution in [3.63, 3.8) is 0 Å². The number of amides is 1. The van der Waals surface area contributed by atoms with Crippen molar-refractivity contribution in [2.75, 3.05) is 5.32 Å². The Morgan fingerprint density at radius 3 is 2.59 bits per heavy atom. The van der Waals surface area contributed by atoms with Crippen molar-refractivity contribution in [2.24, 2.45) is 0 Å². The zero-order valence-corrected chi connectivity index (χ0v) is 17.3. The number of anilines is 1. The van der Waals surface area contributed by atoms with Crippen molar-refractivity contribution in [3.8, 4) is 21.1 Å². The summed E-state index contributed by atoms with van der Waals surface area (Å²) < 4.78 is 1.19. The van der Waals surface area contributed by atoms with Crippen molar-refractivity contribution >= 4 is 45.5 Å². The molecule has 5 nitrogen and oxygen atoms in total. The number of nitrogens with one attached hydrogen (secondary N) is 2. The van der Waals surface area contributed by atoms with E-state index in [-0.39, 0.29) is 5.91 Å². The van der Waals surface area contributed by atoms with E-state index in [1.165, 1.54) is 3.57 Å². The number of rotatable bonds is 4. The Hall–Kier alpha value is -2.52. The number of nitrogens with zero attached hydrogens (tertiary/aromatic N) is 2. The lowest BCUT2D eigenvalue weighted by Gasteiger charge is -2.01. The van der Waals surface area contributed by atoms with Gasteiger partial charge in [-0.15, -0.1) is 11.3 Å². The molecule has 0 saturated carbocycles. The minimum atomic E-state index is -0.247. The lowest BCUT2D eigenvalue weighted by Crippen LogP contribution is -2.12. The maximum atomic E-state index is 12.4. The van der Waals surface area contributed by atoms with Gasteiger partial charge in [-0.25, -0.2) is 4.98 Å². The van der Waals surface area contributed by atoms with Crippen molar-refractivity contribution < 1.29 is 4.79 Å². The van der Waals surface area contributed by atoms with E-state index in [9.17, 15) is 4.79 Å². The zero-order chi connectivity index (χ0) is 18.8. The first-order valence-corrected chi connectivity index (χ1v) is 10.2. The fourth-order valence-electron chi connectivity index (χ4n) is 2.63. The van der Waals surface area contributed by atoms with Crippen LogP contribution in [-0.4, -0.2) is 21.1 Å². The first-order valence-electron chi connectivity index (χ1n) is 8.26. The molecule has 4 aromatic rings. The molecule has 27 heavy (non-hydrogen) atoms. The SMILES string of the molecule is Cc1nc(-c2ccc(I)cc2)sc1-c1cc(C(=O)Nc2ccccc2)n[nH]1. The zero-order valence-electron chi connectivity index (χ0n) is 14.4. The van der Waals surface area contributed by atoms with Crippen LogP contribution in [0.1, 0.15) is 16.2 Å². The summed E-state index contributed by atoms with van der Waals surface area (Å²) in [6.07, 6.45) is 0. The molecule has 7 heteroatoms. The highest BCUT2D eigenvalue weighted by molar-refractivity contribution is 14.1. The highest BCUT2D eigenvalue weighted by atomic mass is 127. The Labute approximate surface area is 174 Å². The van der Waals surface area contributed by atoms with E-state index in [1.54, 1.807) is 17.4 Å². The summed E-state index contributed by atoms with van der Waals surface area (Å²) in [6, 6.07) is 19.3. The lowest BCUT2D eigenvalue weighted by atomic mass is 10.2. The number of carbonyl (C=O) groups is 1. The lowest BCUT2D eigenvalue weighted by molar-refractivity contribution is 0.102. The molecule has 2 N–H and O–H groups in total. The smallest absolute Gasteiger partial charge is 0.276 e. The number of aromatic amines is 1. The standard InChI is InChI=1S/C20H15IN4OS/c1-12-18(27-20(22-12)13-7-9-14(21)10-8-13)16-11-17(25-24-16)19(26)23-15-5-3-2-4-6-15/h2-11H,1H3,(H,23,26)(H,24,25). The number of carbonyl (C=O) groups excluding carboxylic acids is 1. The minimum Gasteiger partial charge on any atom is -0.321 e. The van der Waals surface area contributed by atoms with Gasteiger partial charge in [0.2, 0.25) is 0 Å². The van der Waals surface area contributed by atoms with Gasteiger partial charge in [0.25, 0.3) is 5.91 Å². The second-order valence-corrected chi connectivity index (χ2v) is 8.17. The summed E-state index contributed by atoms with van der Waals surface area (Å²) in [6.45, 7) is 1.96. The fraction of sp³-hybridized carbons (Fsp3) is 0.0500. The topological polar surface area (TPSA) is 70.7 Å². The molecule has 0 aliphatic carbocycles. The van der Waals surface area contributed by atoms with Gasteiger partial charge < -0.3 is 5.32 Å². The molecule has 134 valence electrons. The number of hydrogen-bond acceptors (Lipinski definition) is 4. The van der Waals surface area contributed by atoms with Gasteiger partial charge in [-0.1, -0.05) is 30.3 Å². The minimum absolute atomic E-state index is 0.247. The van der Waals surface area contributed by atoms with Crippen LogP contribution in [0, 0.1) is 10.5 Å². The summed E-state index contributed by atoms with van der Waals surface area (Å²) in [5.74, 6) is -0.247. The highest BCUT2D eigenvalue weighted by Crippen LogP contribution is 2.34. The molecule has 0 saturated heterocycles. The Morgan fingerprint density at radius 1 is 1.11 bits per heavy atom. The molecule has 2 aromatic carbocycles. The van der Waals surface area contributed by atoms with Gasteiger partial charge in [-0.05, 0) is 59.8 Å². The third kappa shape index (κ3) is 3.93. The molecule has 0 unspecified atom stereocenters. The molecule has 1 amide bonds. The van der Waals surface area contributed by atoms with Crippen LogP contribution in [0.25, 0.3) is 21.1 Å². The monoisotopic (exact) mass is 486 g/mol. The van der Waals surface area contributed by atoms with Crippen LogP contribution >= 0.6 is 33.9 Å². The second kappa shape index (κ2) is 7.61. The van der Waals surface area contributed by atoms with E-state index >= 15 is 0 Å². The van der Waals surface area contributed by atoms with E-state index < -0.39 is 0 Å². The summed E-state index contributed by atoms with van der Waals surface area (Å²) >= 11 is 3.87. The predicted octanol–water partition coefficient (Wildman–Crippen LogP) is 5.37. The Bertz CT molecular complexity index is 1090. The molecule has 0 bridgehead atoms. The Balaban J connectivity index is 1.58. The average Bonchev–Trinajstić information content (AvgIpc) is 3.30. The van der Waals surface area contributed by atoms with Gasteiger partial charge in [0.15, 0.2) is 5.69 Å². The number of thiazole rings is 1. The Morgan fingerprint density at radius 2 is 1.85 bits per heavy atom. The normalized spacial score (nSPS) is 10.7. The van der Waals surface area contributed by atoms with Crippen molar-refractivity contribution in [3.05, 3.63) is 75.6 Å². The first-order chi connectivity index (χ1) is 13.1. The van der Waals surface area contributed by atoms with Crippen molar-refractivity contribution in [1.29, 1.82) is 0 Å². The van der Waals surface area contributed by atoms with Crippen LogP contribution in [-0.2, 0) is 0 Å². The van der Waals surface area contributed by atoms with E-state index in [4.69, 9.17) is 0 Å². The maximum Gasteiger partial charge on any atom is 0.276 e. The highest BCUT2D eigenvalue weighted by Gasteiger charge is 2.16. The molecule has 4 rings (SSSR count). The van der Waals surface area contributed by atoms with E-state index in [2.05, 4.69) is 67.4 Å². The molecule has 0 fully saturated rings. The van der Waals surface area contributed by atoms with Gasteiger partial charge >= 0.3 is 0 Å². The van der Waals surface area contributed by atoms with E-state index in [0.717, 1.165) is 32.5 Å². The van der Waals surface area contributed by atoms with Crippen LogP contribution < -0.4 is 5.32 Å². The number of aromatic nitrogens is 3. The number of halogens is 1. The third-order valence-electron chi connectivity index (χ3n) is 3.97. The molecule has 0 radical (unpaired) electrons. The fourth-order valence-corrected chi connectivity index (χ4v) is 4.03. The van der Waals surface area contributed by atoms with Gasteiger partial charge in [-0.3, -0.25) is 9.89 Å². The molecule has 0 aliphatic heterocycles. The summed E-state index contributed by atoms with van der Waals surface area (Å²) in [5.41, 5.74) is 3.86. The van der Waals surface area contributed by atoms with Crippen LogP contribution in [0.2, 0.25) is 0 Å². The number of aryl methyl sites for hydroxylation is 1. The van der Waals surface area contributed by atoms with Gasteiger partial charge in [-0.2, -0.15) is 5.10 Å². The van der Waals surface area contributed by atoms with Gasteiger partial charge in [0.05, 0.1) is 16.3 Å². The number of hydrogen-bond donors (Lipinski definition) is 2. The summed E-state index contributed by atoms with van der Waals surface area (Å²) in [7, 11) is 0. The third-order valence-corrected chi connectivity index (χ3v) is 5.93. The number of H-pyrrole nitrogens is 1. The number of benzene rings is 2. The predicted molar refractivity (Wildman–Crippen MR) is 117 cm³/mol. The van der Waals surface area contributed by atoms with Crippen molar-refractivity contribution in [1.82, 2.24) is 15.2 Å². The molecular formula is C20H15IN4OS. The first kappa shape index (κ1) is 17.9. The summed E-state index contributed by atoms with van der Waals surface area (Å²) in [5, 5.41) is 10.9. The number of para-hydroxylation sites is 1.